The Hall–Kier alpha value is -2.34. The molecule has 1 aliphatic rings. The number of halogens is 1. The number of rotatable bonds is 4. The molecule has 0 atom stereocenters. The molecule has 1 fully saturated rings. The van der Waals surface area contributed by atoms with E-state index in [0.717, 1.165) is 37.0 Å². The van der Waals surface area contributed by atoms with E-state index in [1.807, 2.05) is 18.2 Å². The second-order valence-corrected chi connectivity index (χ2v) is 7.89. The van der Waals surface area contributed by atoms with Crippen LogP contribution in [0.25, 0.3) is 10.9 Å². The Morgan fingerprint density at radius 2 is 1.85 bits per heavy atom. The van der Waals surface area contributed by atoms with Crippen LogP contribution < -0.4 is 10.6 Å². The number of amides is 1. The molecule has 1 aromatic carbocycles. The Bertz CT molecular complexity index is 961. The summed E-state index contributed by atoms with van der Waals surface area (Å²) < 4.78 is 5.89. The summed E-state index contributed by atoms with van der Waals surface area (Å²) in [7, 11) is 0. The molecule has 0 spiro atoms. The predicted molar refractivity (Wildman–Crippen MR) is 110 cm³/mol. The largest absolute Gasteiger partial charge is 0.444 e. The quantitative estimate of drug-likeness (QED) is 0.610. The lowest BCUT2D eigenvalue weighted by Gasteiger charge is -2.30. The summed E-state index contributed by atoms with van der Waals surface area (Å²) in [6.07, 6.45) is 3.89. The highest BCUT2D eigenvalue weighted by Crippen LogP contribution is 2.25. The molecule has 0 bridgehead atoms. The number of anilines is 1. The van der Waals surface area contributed by atoms with Crippen molar-refractivity contribution in [2.45, 2.75) is 44.7 Å². The fraction of sp³-hybridized carbons (Fsp3) is 0.333. The van der Waals surface area contributed by atoms with Crippen molar-refractivity contribution in [3.05, 3.63) is 58.5 Å². The number of furan rings is 1. The fourth-order valence-corrected chi connectivity index (χ4v) is 4.01. The Morgan fingerprint density at radius 1 is 1.11 bits per heavy atom. The van der Waals surface area contributed by atoms with Crippen molar-refractivity contribution in [3.63, 3.8) is 0 Å². The van der Waals surface area contributed by atoms with E-state index in [1.165, 1.54) is 10.9 Å². The van der Waals surface area contributed by atoms with Gasteiger partial charge in [0.15, 0.2) is 10.4 Å². The van der Waals surface area contributed by atoms with Crippen molar-refractivity contribution < 1.29 is 9.21 Å². The minimum Gasteiger partial charge on any atom is -0.444 e. The summed E-state index contributed by atoms with van der Waals surface area (Å²) in [5, 5.41) is 7.84. The molecule has 4 rings (SSSR count). The maximum Gasteiger partial charge on any atom is 0.287 e. The first kappa shape index (κ1) is 18.0. The zero-order valence-electron chi connectivity index (χ0n) is 15.2. The van der Waals surface area contributed by atoms with Crippen LogP contribution in [0.5, 0.6) is 0 Å². The minimum absolute atomic E-state index is 0.149. The summed E-state index contributed by atoms with van der Waals surface area (Å²) in [6.45, 7) is 2.12. The molecule has 2 N–H and O–H groups in total. The maximum absolute atomic E-state index is 12.2. The maximum atomic E-state index is 12.2. The SMILES string of the molecule is Cc1cc(NC2CCC(NC(=O)c3ccc(Br)o3)CC2)nc2ccccc12. The van der Waals surface area contributed by atoms with Crippen LogP contribution in [0.4, 0.5) is 5.82 Å². The van der Waals surface area contributed by atoms with Crippen molar-refractivity contribution in [1.82, 2.24) is 10.3 Å². The first-order valence-corrected chi connectivity index (χ1v) is 10.1. The molecule has 2 heterocycles. The van der Waals surface area contributed by atoms with Crippen LogP contribution in [0.1, 0.15) is 41.8 Å². The van der Waals surface area contributed by atoms with E-state index < -0.39 is 0 Å². The Kier molecular flexibility index (Phi) is 5.16. The van der Waals surface area contributed by atoms with Gasteiger partial charge < -0.3 is 15.1 Å². The van der Waals surface area contributed by atoms with Gasteiger partial charge in [-0.2, -0.15) is 0 Å². The second kappa shape index (κ2) is 7.72. The third-order valence-corrected chi connectivity index (χ3v) is 5.56. The van der Waals surface area contributed by atoms with Crippen molar-refractivity contribution in [3.8, 4) is 0 Å². The van der Waals surface area contributed by atoms with E-state index in [4.69, 9.17) is 9.40 Å². The molecule has 3 aromatic rings. The van der Waals surface area contributed by atoms with Crippen molar-refractivity contribution >= 4 is 38.6 Å². The zero-order chi connectivity index (χ0) is 18.8. The van der Waals surface area contributed by atoms with Crippen LogP contribution >= 0.6 is 15.9 Å². The molecule has 6 heteroatoms. The number of carbonyl (C=O) groups excluding carboxylic acids is 1. The Balaban J connectivity index is 1.34. The number of carbonyl (C=O) groups is 1. The molecule has 0 radical (unpaired) electrons. The van der Waals surface area contributed by atoms with Gasteiger partial charge >= 0.3 is 0 Å². The number of aryl methyl sites for hydroxylation is 1. The minimum atomic E-state index is -0.149. The first-order chi connectivity index (χ1) is 13.1. The smallest absolute Gasteiger partial charge is 0.287 e. The molecule has 27 heavy (non-hydrogen) atoms. The Labute approximate surface area is 166 Å². The molecule has 1 aliphatic carbocycles. The highest BCUT2D eigenvalue weighted by molar-refractivity contribution is 9.10. The van der Waals surface area contributed by atoms with Gasteiger partial charge in [-0.05, 0) is 78.4 Å². The highest BCUT2D eigenvalue weighted by atomic mass is 79.9. The number of hydrogen-bond acceptors (Lipinski definition) is 4. The molecule has 0 saturated heterocycles. The third kappa shape index (κ3) is 4.16. The average molecular weight is 428 g/mol. The van der Waals surface area contributed by atoms with Crippen molar-refractivity contribution in [2.75, 3.05) is 5.32 Å². The van der Waals surface area contributed by atoms with Gasteiger partial charge in [-0.1, -0.05) is 18.2 Å². The van der Waals surface area contributed by atoms with Crippen LogP contribution in [-0.4, -0.2) is 23.0 Å². The molecule has 5 nitrogen and oxygen atoms in total. The second-order valence-electron chi connectivity index (χ2n) is 7.11. The van der Waals surface area contributed by atoms with Gasteiger partial charge in [-0.15, -0.1) is 0 Å². The van der Waals surface area contributed by atoms with E-state index in [-0.39, 0.29) is 11.9 Å². The monoisotopic (exact) mass is 427 g/mol. The van der Waals surface area contributed by atoms with Crippen molar-refractivity contribution in [2.24, 2.45) is 0 Å². The van der Waals surface area contributed by atoms with Crippen molar-refractivity contribution in [1.29, 1.82) is 0 Å². The molecule has 0 aliphatic heterocycles. The topological polar surface area (TPSA) is 67.2 Å². The number of nitrogens with one attached hydrogen (secondary N) is 2. The fourth-order valence-electron chi connectivity index (χ4n) is 3.71. The first-order valence-electron chi connectivity index (χ1n) is 9.27. The summed E-state index contributed by atoms with van der Waals surface area (Å²) in [6, 6.07) is 14.3. The third-order valence-electron chi connectivity index (χ3n) is 5.13. The summed E-state index contributed by atoms with van der Waals surface area (Å²) >= 11 is 3.22. The molecule has 1 saturated carbocycles. The van der Waals surface area contributed by atoms with Gasteiger partial charge in [0.1, 0.15) is 5.82 Å². The van der Waals surface area contributed by atoms with E-state index in [9.17, 15) is 4.79 Å². The van der Waals surface area contributed by atoms with Gasteiger partial charge in [0.2, 0.25) is 0 Å². The molecule has 2 aromatic heterocycles. The molecule has 0 unspecified atom stereocenters. The van der Waals surface area contributed by atoms with E-state index >= 15 is 0 Å². The lowest BCUT2D eigenvalue weighted by molar-refractivity contribution is 0.0897. The normalized spacial score (nSPS) is 19.8. The number of aromatic nitrogens is 1. The molecular weight excluding hydrogens is 406 g/mol. The number of nitrogens with zero attached hydrogens (tertiary/aromatic N) is 1. The van der Waals surface area contributed by atoms with Crippen LogP contribution in [0.2, 0.25) is 0 Å². The molecular formula is C21H22BrN3O2. The van der Waals surface area contributed by atoms with Gasteiger partial charge in [-0.25, -0.2) is 4.98 Å². The van der Waals surface area contributed by atoms with Gasteiger partial charge in [-0.3, -0.25) is 4.79 Å². The lowest BCUT2D eigenvalue weighted by atomic mass is 9.91. The van der Waals surface area contributed by atoms with Crippen LogP contribution in [0, 0.1) is 6.92 Å². The summed E-state index contributed by atoms with van der Waals surface area (Å²) in [4.78, 5) is 17.0. The lowest BCUT2D eigenvalue weighted by Crippen LogP contribution is -2.40. The molecule has 140 valence electrons. The van der Waals surface area contributed by atoms with E-state index in [2.05, 4.69) is 45.6 Å². The number of hydrogen-bond donors (Lipinski definition) is 2. The van der Waals surface area contributed by atoms with E-state index in [0.29, 0.717) is 16.5 Å². The average Bonchev–Trinajstić information content (AvgIpc) is 3.10. The number of pyridine rings is 1. The number of para-hydroxylation sites is 1. The van der Waals surface area contributed by atoms with Gasteiger partial charge in [0.25, 0.3) is 5.91 Å². The highest BCUT2D eigenvalue weighted by Gasteiger charge is 2.24. The number of benzene rings is 1. The Morgan fingerprint density at radius 3 is 2.59 bits per heavy atom. The van der Waals surface area contributed by atoms with Crippen LogP contribution in [0.3, 0.4) is 0 Å². The summed E-state index contributed by atoms with van der Waals surface area (Å²) in [5.41, 5.74) is 2.25. The standard InChI is InChI=1S/C21H22BrN3O2/c1-13-12-20(25-17-5-3-2-4-16(13)17)23-14-6-8-15(9-7-14)24-21(26)18-10-11-19(22)27-18/h2-5,10-12,14-15H,6-9H2,1H3,(H,23,25)(H,24,26). The van der Waals surface area contributed by atoms with E-state index in [1.54, 1.807) is 12.1 Å². The number of fused-ring (bicyclic) bond motifs is 1. The van der Waals surface area contributed by atoms with Gasteiger partial charge in [0.05, 0.1) is 5.52 Å². The molecule has 1 amide bonds. The zero-order valence-corrected chi connectivity index (χ0v) is 16.8. The summed E-state index contributed by atoms with van der Waals surface area (Å²) in [5.74, 6) is 1.13. The van der Waals surface area contributed by atoms with Crippen LogP contribution in [0.15, 0.2) is 51.6 Å². The van der Waals surface area contributed by atoms with Crippen LogP contribution in [-0.2, 0) is 0 Å². The predicted octanol–water partition coefficient (Wildman–Crippen LogP) is 5.05. The van der Waals surface area contributed by atoms with Gasteiger partial charge in [0, 0.05) is 17.5 Å².